The molecule has 2 N–H and O–H groups in total. The molecule has 2 rings (SSSR count). The number of aliphatic carboxylic acids is 1. The molecule has 7 heteroatoms. The lowest BCUT2D eigenvalue weighted by atomic mass is 10.0. The molecule has 1 saturated heterocycles. The summed E-state index contributed by atoms with van der Waals surface area (Å²) >= 11 is 1.34. The zero-order valence-corrected chi connectivity index (χ0v) is 11.7. The number of thiophene rings is 1. The Bertz CT molecular complexity index is 500. The number of hydrogen-bond acceptors (Lipinski definition) is 4. The van der Waals surface area contributed by atoms with Crippen molar-refractivity contribution in [2.24, 2.45) is 0 Å². The Labute approximate surface area is 120 Å². The van der Waals surface area contributed by atoms with Gasteiger partial charge in [-0.2, -0.15) is 0 Å². The lowest BCUT2D eigenvalue weighted by Gasteiger charge is -2.34. The molecule has 0 saturated carbocycles. The number of carboxylic acids is 1. The van der Waals surface area contributed by atoms with Gasteiger partial charge in [0, 0.05) is 6.54 Å². The van der Waals surface area contributed by atoms with E-state index in [4.69, 9.17) is 5.11 Å². The number of rotatable bonds is 4. The monoisotopic (exact) mass is 296 g/mol. The van der Waals surface area contributed by atoms with Crippen molar-refractivity contribution in [3.05, 3.63) is 22.4 Å². The molecule has 20 heavy (non-hydrogen) atoms. The van der Waals surface area contributed by atoms with Gasteiger partial charge in [0.1, 0.15) is 12.6 Å². The molecular weight excluding hydrogens is 280 g/mol. The van der Waals surface area contributed by atoms with E-state index in [1.54, 1.807) is 17.0 Å². The largest absolute Gasteiger partial charge is 0.480 e. The Kier molecular flexibility index (Phi) is 4.73. The second-order valence-electron chi connectivity index (χ2n) is 4.60. The first-order valence-electron chi connectivity index (χ1n) is 6.43. The number of likely N-dealkylation sites (tertiary alicyclic amines) is 1. The average Bonchev–Trinajstić information content (AvgIpc) is 2.98. The number of nitrogens with one attached hydrogen (secondary N) is 1. The van der Waals surface area contributed by atoms with E-state index in [0.29, 0.717) is 17.8 Å². The second-order valence-corrected chi connectivity index (χ2v) is 5.55. The number of piperidine rings is 1. The summed E-state index contributed by atoms with van der Waals surface area (Å²) in [5.41, 5.74) is 0. The third kappa shape index (κ3) is 3.36. The molecule has 1 fully saturated rings. The Hall–Kier alpha value is -1.89. The molecule has 6 nitrogen and oxygen atoms in total. The van der Waals surface area contributed by atoms with E-state index in [1.165, 1.54) is 11.3 Å². The summed E-state index contributed by atoms with van der Waals surface area (Å²) in [6.45, 7) is 0.109. The van der Waals surface area contributed by atoms with Gasteiger partial charge in [0.2, 0.25) is 5.91 Å². The molecule has 2 heterocycles. The molecule has 0 aliphatic carbocycles. The molecule has 0 spiro atoms. The van der Waals surface area contributed by atoms with Crippen molar-refractivity contribution in [1.29, 1.82) is 0 Å². The SMILES string of the molecule is O=C(O)CNC(=O)C1CCCCN1C(=O)c1cccs1. The van der Waals surface area contributed by atoms with E-state index >= 15 is 0 Å². The zero-order valence-electron chi connectivity index (χ0n) is 10.9. The zero-order chi connectivity index (χ0) is 14.5. The molecule has 1 unspecified atom stereocenters. The molecule has 0 aromatic carbocycles. The molecule has 1 atom stereocenters. The van der Waals surface area contributed by atoms with Gasteiger partial charge < -0.3 is 15.3 Å². The summed E-state index contributed by atoms with van der Waals surface area (Å²) < 4.78 is 0. The molecule has 1 aromatic rings. The van der Waals surface area contributed by atoms with E-state index in [1.807, 2.05) is 5.38 Å². The van der Waals surface area contributed by atoms with Crippen molar-refractivity contribution in [1.82, 2.24) is 10.2 Å². The van der Waals surface area contributed by atoms with Gasteiger partial charge in [-0.1, -0.05) is 6.07 Å². The van der Waals surface area contributed by atoms with Gasteiger partial charge in [-0.25, -0.2) is 0 Å². The minimum Gasteiger partial charge on any atom is -0.480 e. The smallest absolute Gasteiger partial charge is 0.322 e. The molecule has 2 amide bonds. The number of carbonyl (C=O) groups is 3. The highest BCUT2D eigenvalue weighted by Gasteiger charge is 2.32. The fraction of sp³-hybridized carbons (Fsp3) is 0.462. The van der Waals surface area contributed by atoms with Crippen LogP contribution in [0.15, 0.2) is 17.5 Å². The fourth-order valence-electron chi connectivity index (χ4n) is 2.27. The maximum atomic E-state index is 12.4. The van der Waals surface area contributed by atoms with Crippen LogP contribution in [0.1, 0.15) is 28.9 Å². The topological polar surface area (TPSA) is 86.7 Å². The first-order chi connectivity index (χ1) is 9.59. The molecule has 108 valence electrons. The standard InChI is InChI=1S/C13H16N2O4S/c16-11(17)8-14-12(18)9-4-1-2-6-15(9)13(19)10-5-3-7-20-10/h3,5,7,9H,1-2,4,6,8H2,(H,14,18)(H,16,17). The van der Waals surface area contributed by atoms with E-state index < -0.39 is 24.5 Å². The van der Waals surface area contributed by atoms with Crippen LogP contribution in [0, 0.1) is 0 Å². The van der Waals surface area contributed by atoms with Gasteiger partial charge >= 0.3 is 5.97 Å². The maximum Gasteiger partial charge on any atom is 0.322 e. The van der Waals surface area contributed by atoms with Crippen LogP contribution in [0.4, 0.5) is 0 Å². The van der Waals surface area contributed by atoms with Crippen LogP contribution >= 0.6 is 11.3 Å². The normalized spacial score (nSPS) is 18.6. The molecule has 0 bridgehead atoms. The summed E-state index contributed by atoms with van der Waals surface area (Å²) in [7, 11) is 0. The summed E-state index contributed by atoms with van der Waals surface area (Å²) in [5.74, 6) is -1.64. The van der Waals surface area contributed by atoms with Crippen molar-refractivity contribution in [2.45, 2.75) is 25.3 Å². The second kappa shape index (κ2) is 6.51. The Morgan fingerprint density at radius 2 is 2.20 bits per heavy atom. The molecular formula is C13H16N2O4S. The average molecular weight is 296 g/mol. The van der Waals surface area contributed by atoms with Gasteiger partial charge in [-0.3, -0.25) is 14.4 Å². The highest BCUT2D eigenvalue weighted by molar-refractivity contribution is 7.12. The van der Waals surface area contributed by atoms with Crippen LogP contribution in [0.5, 0.6) is 0 Å². The maximum absolute atomic E-state index is 12.4. The molecule has 1 aromatic heterocycles. The van der Waals surface area contributed by atoms with Crippen LogP contribution in [0.3, 0.4) is 0 Å². The minimum atomic E-state index is -1.09. The first kappa shape index (κ1) is 14.5. The summed E-state index contributed by atoms with van der Waals surface area (Å²) in [4.78, 5) is 37.0. The summed E-state index contributed by atoms with van der Waals surface area (Å²) in [5, 5.41) is 12.8. The lowest BCUT2D eigenvalue weighted by Crippen LogP contribution is -2.52. The van der Waals surface area contributed by atoms with E-state index in [-0.39, 0.29) is 5.91 Å². The van der Waals surface area contributed by atoms with Crippen molar-refractivity contribution >= 4 is 29.1 Å². The van der Waals surface area contributed by atoms with Gasteiger partial charge in [0.25, 0.3) is 5.91 Å². The van der Waals surface area contributed by atoms with Crippen molar-refractivity contribution in [2.75, 3.05) is 13.1 Å². The van der Waals surface area contributed by atoms with Crippen LogP contribution in [-0.4, -0.2) is 46.9 Å². The Morgan fingerprint density at radius 1 is 1.40 bits per heavy atom. The predicted molar refractivity (Wildman–Crippen MR) is 73.6 cm³/mol. The number of amides is 2. The fourth-order valence-corrected chi connectivity index (χ4v) is 2.95. The molecule has 1 aliphatic heterocycles. The number of nitrogens with zero attached hydrogens (tertiary/aromatic N) is 1. The van der Waals surface area contributed by atoms with Gasteiger partial charge in [0.05, 0.1) is 4.88 Å². The van der Waals surface area contributed by atoms with Gasteiger partial charge in [-0.15, -0.1) is 11.3 Å². The summed E-state index contributed by atoms with van der Waals surface area (Å²) in [6.07, 6.45) is 2.29. The van der Waals surface area contributed by atoms with E-state index in [2.05, 4.69) is 5.32 Å². The quantitative estimate of drug-likeness (QED) is 0.866. The van der Waals surface area contributed by atoms with Crippen molar-refractivity contribution in [3.63, 3.8) is 0 Å². The highest BCUT2D eigenvalue weighted by Crippen LogP contribution is 2.21. The van der Waals surface area contributed by atoms with E-state index in [0.717, 1.165) is 12.8 Å². The van der Waals surface area contributed by atoms with Crippen LogP contribution < -0.4 is 5.32 Å². The summed E-state index contributed by atoms with van der Waals surface area (Å²) in [6, 6.07) is 2.95. The third-order valence-electron chi connectivity index (χ3n) is 3.21. The number of carbonyl (C=O) groups excluding carboxylic acids is 2. The number of hydrogen-bond donors (Lipinski definition) is 2. The van der Waals surface area contributed by atoms with E-state index in [9.17, 15) is 14.4 Å². The Morgan fingerprint density at radius 3 is 2.85 bits per heavy atom. The lowest BCUT2D eigenvalue weighted by molar-refractivity contribution is -0.138. The first-order valence-corrected chi connectivity index (χ1v) is 7.31. The highest BCUT2D eigenvalue weighted by atomic mass is 32.1. The van der Waals surface area contributed by atoms with Crippen LogP contribution in [0.25, 0.3) is 0 Å². The van der Waals surface area contributed by atoms with Crippen molar-refractivity contribution in [3.8, 4) is 0 Å². The van der Waals surface area contributed by atoms with Gasteiger partial charge in [0.15, 0.2) is 0 Å². The Balaban J connectivity index is 2.07. The molecule has 1 aliphatic rings. The third-order valence-corrected chi connectivity index (χ3v) is 4.07. The molecule has 0 radical (unpaired) electrons. The number of carboxylic acid groups (broad SMARTS) is 1. The van der Waals surface area contributed by atoms with Crippen LogP contribution in [-0.2, 0) is 9.59 Å². The van der Waals surface area contributed by atoms with Gasteiger partial charge in [-0.05, 0) is 30.7 Å². The van der Waals surface area contributed by atoms with Crippen molar-refractivity contribution < 1.29 is 19.5 Å². The minimum absolute atomic E-state index is 0.157. The predicted octanol–water partition coefficient (Wildman–Crippen LogP) is 0.944. The van der Waals surface area contributed by atoms with Crippen LogP contribution in [0.2, 0.25) is 0 Å².